The molecular weight excluding hydrogens is 260 g/mol. The fraction of sp³-hybridized carbons (Fsp3) is 0.357. The lowest BCUT2D eigenvalue weighted by atomic mass is 9.92. The molecule has 2 amide bonds. The van der Waals surface area contributed by atoms with Gasteiger partial charge in [0.2, 0.25) is 5.91 Å². The van der Waals surface area contributed by atoms with Crippen LogP contribution in [0.5, 0.6) is 0 Å². The van der Waals surface area contributed by atoms with Gasteiger partial charge in [-0.2, -0.15) is 0 Å². The lowest BCUT2D eigenvalue weighted by Gasteiger charge is -2.23. The molecule has 0 aliphatic rings. The highest BCUT2D eigenvalue weighted by Gasteiger charge is 2.27. The molecule has 108 valence electrons. The van der Waals surface area contributed by atoms with Gasteiger partial charge in [-0.3, -0.25) is 9.59 Å². The van der Waals surface area contributed by atoms with Crippen molar-refractivity contribution in [2.24, 2.45) is 5.41 Å². The van der Waals surface area contributed by atoms with Gasteiger partial charge in [-0.15, -0.1) is 0 Å². The zero-order valence-electron chi connectivity index (χ0n) is 11.7. The molecule has 0 radical (unpaired) electrons. The smallest absolute Gasteiger partial charge is 0.336 e. The lowest BCUT2D eigenvalue weighted by Crippen LogP contribution is -2.43. The minimum absolute atomic E-state index is 0.0669. The molecule has 1 rings (SSSR count). The second-order valence-electron chi connectivity index (χ2n) is 5.00. The normalized spacial score (nSPS) is 10.8. The first-order valence-electron chi connectivity index (χ1n) is 6.12. The maximum atomic E-state index is 12.0. The summed E-state index contributed by atoms with van der Waals surface area (Å²) in [5.74, 6) is -1.88. The number of carboxylic acids is 1. The zero-order valence-corrected chi connectivity index (χ0v) is 11.7. The highest BCUT2D eigenvalue weighted by atomic mass is 16.4. The Balaban J connectivity index is 2.83. The Morgan fingerprint density at radius 3 is 2.20 bits per heavy atom. The predicted molar refractivity (Wildman–Crippen MR) is 73.6 cm³/mol. The maximum Gasteiger partial charge on any atom is 0.336 e. The monoisotopic (exact) mass is 278 g/mol. The Labute approximate surface area is 117 Å². The summed E-state index contributed by atoms with van der Waals surface area (Å²) in [6, 6.07) is 5.94. The fourth-order valence-electron chi connectivity index (χ4n) is 1.68. The van der Waals surface area contributed by atoms with Gasteiger partial charge in [0.05, 0.1) is 16.5 Å². The largest absolute Gasteiger partial charge is 0.478 e. The highest BCUT2D eigenvalue weighted by Crippen LogP contribution is 2.14. The standard InChI is InChI=1S/C14H18N2O4/c1-14(2,13(20)15-3)8-16-11(17)9-6-4-5-7-10(9)12(18)19/h4-7H,8H2,1-3H3,(H,15,20)(H,16,17)(H,18,19). The van der Waals surface area contributed by atoms with Crippen molar-refractivity contribution in [2.45, 2.75) is 13.8 Å². The summed E-state index contributed by atoms with van der Waals surface area (Å²) in [5.41, 5.74) is -0.766. The average molecular weight is 278 g/mol. The second kappa shape index (κ2) is 6.18. The Kier molecular flexibility index (Phi) is 4.85. The van der Waals surface area contributed by atoms with Crippen LogP contribution >= 0.6 is 0 Å². The Morgan fingerprint density at radius 1 is 1.15 bits per heavy atom. The Hall–Kier alpha value is -2.37. The third-order valence-corrected chi connectivity index (χ3v) is 2.93. The van der Waals surface area contributed by atoms with E-state index in [9.17, 15) is 14.4 Å². The number of carbonyl (C=O) groups is 3. The topological polar surface area (TPSA) is 95.5 Å². The van der Waals surface area contributed by atoms with Crippen molar-refractivity contribution in [3.8, 4) is 0 Å². The van der Waals surface area contributed by atoms with E-state index in [1.165, 1.54) is 19.2 Å². The van der Waals surface area contributed by atoms with E-state index in [-0.39, 0.29) is 23.6 Å². The molecule has 0 bridgehead atoms. The maximum absolute atomic E-state index is 12.0. The molecular formula is C14H18N2O4. The Morgan fingerprint density at radius 2 is 1.70 bits per heavy atom. The summed E-state index contributed by atoms with van der Waals surface area (Å²) in [7, 11) is 1.52. The first kappa shape index (κ1) is 15.7. The van der Waals surface area contributed by atoms with Crippen LogP contribution in [-0.4, -0.2) is 36.5 Å². The van der Waals surface area contributed by atoms with Gasteiger partial charge in [0.25, 0.3) is 5.91 Å². The van der Waals surface area contributed by atoms with E-state index in [1.54, 1.807) is 26.0 Å². The molecule has 6 nitrogen and oxygen atoms in total. The molecule has 0 aromatic heterocycles. The number of carboxylic acid groups (broad SMARTS) is 1. The van der Waals surface area contributed by atoms with E-state index in [0.29, 0.717) is 0 Å². The quantitative estimate of drug-likeness (QED) is 0.745. The molecule has 3 N–H and O–H groups in total. The van der Waals surface area contributed by atoms with Crippen LogP contribution in [0.25, 0.3) is 0 Å². The molecule has 1 aromatic rings. The Bertz CT molecular complexity index is 538. The van der Waals surface area contributed by atoms with Crippen LogP contribution < -0.4 is 10.6 Å². The number of rotatable bonds is 5. The van der Waals surface area contributed by atoms with Gasteiger partial charge in [0.1, 0.15) is 0 Å². The van der Waals surface area contributed by atoms with E-state index in [2.05, 4.69) is 10.6 Å². The van der Waals surface area contributed by atoms with Gasteiger partial charge < -0.3 is 15.7 Å². The molecule has 20 heavy (non-hydrogen) atoms. The van der Waals surface area contributed by atoms with Gasteiger partial charge in [-0.1, -0.05) is 12.1 Å². The molecule has 0 heterocycles. The number of nitrogens with one attached hydrogen (secondary N) is 2. The molecule has 0 spiro atoms. The molecule has 6 heteroatoms. The van der Waals surface area contributed by atoms with Crippen molar-refractivity contribution < 1.29 is 19.5 Å². The van der Waals surface area contributed by atoms with Crippen LogP contribution in [0.2, 0.25) is 0 Å². The van der Waals surface area contributed by atoms with E-state index < -0.39 is 17.3 Å². The molecule has 1 aromatic carbocycles. The SMILES string of the molecule is CNC(=O)C(C)(C)CNC(=O)c1ccccc1C(=O)O. The van der Waals surface area contributed by atoms with Crippen molar-refractivity contribution in [3.63, 3.8) is 0 Å². The first-order chi connectivity index (χ1) is 9.29. The summed E-state index contributed by atoms with van der Waals surface area (Å²) in [6.45, 7) is 3.49. The molecule has 0 fully saturated rings. The van der Waals surface area contributed by atoms with Gasteiger partial charge in [0.15, 0.2) is 0 Å². The van der Waals surface area contributed by atoms with Crippen LogP contribution in [0.3, 0.4) is 0 Å². The fourth-order valence-corrected chi connectivity index (χ4v) is 1.68. The number of carbonyl (C=O) groups excluding carboxylic acids is 2. The number of hydrogen-bond acceptors (Lipinski definition) is 3. The lowest BCUT2D eigenvalue weighted by molar-refractivity contribution is -0.128. The molecule has 0 unspecified atom stereocenters. The summed E-state index contributed by atoms with van der Waals surface area (Å²) in [5, 5.41) is 14.1. The van der Waals surface area contributed by atoms with Gasteiger partial charge in [-0.05, 0) is 26.0 Å². The van der Waals surface area contributed by atoms with Gasteiger partial charge in [-0.25, -0.2) is 4.79 Å². The minimum atomic E-state index is -1.17. The van der Waals surface area contributed by atoms with E-state index >= 15 is 0 Å². The van der Waals surface area contributed by atoms with Crippen LogP contribution in [0, 0.1) is 5.41 Å². The highest BCUT2D eigenvalue weighted by molar-refractivity contribution is 6.04. The number of hydrogen-bond donors (Lipinski definition) is 3. The van der Waals surface area contributed by atoms with Crippen molar-refractivity contribution in [2.75, 3.05) is 13.6 Å². The van der Waals surface area contributed by atoms with E-state index in [1.807, 2.05) is 0 Å². The van der Waals surface area contributed by atoms with Crippen molar-refractivity contribution in [1.82, 2.24) is 10.6 Å². The molecule has 0 aliphatic carbocycles. The molecule has 0 saturated heterocycles. The van der Waals surface area contributed by atoms with Crippen LogP contribution in [0.1, 0.15) is 34.6 Å². The van der Waals surface area contributed by atoms with Gasteiger partial charge >= 0.3 is 5.97 Å². The summed E-state index contributed by atoms with van der Waals surface area (Å²) >= 11 is 0. The predicted octanol–water partition coefficient (Wildman–Crippen LogP) is 0.887. The van der Waals surface area contributed by atoms with Crippen LogP contribution in [0.15, 0.2) is 24.3 Å². The molecule has 0 aliphatic heterocycles. The van der Waals surface area contributed by atoms with E-state index in [0.717, 1.165) is 0 Å². The summed E-state index contributed by atoms with van der Waals surface area (Å²) in [4.78, 5) is 34.7. The zero-order chi connectivity index (χ0) is 15.3. The van der Waals surface area contributed by atoms with Crippen molar-refractivity contribution in [1.29, 1.82) is 0 Å². The third-order valence-electron chi connectivity index (χ3n) is 2.93. The molecule has 0 saturated carbocycles. The number of benzene rings is 1. The van der Waals surface area contributed by atoms with E-state index in [4.69, 9.17) is 5.11 Å². The molecule has 0 atom stereocenters. The minimum Gasteiger partial charge on any atom is -0.478 e. The van der Waals surface area contributed by atoms with Crippen LogP contribution in [-0.2, 0) is 4.79 Å². The van der Waals surface area contributed by atoms with Crippen molar-refractivity contribution >= 4 is 17.8 Å². The average Bonchev–Trinajstić information content (AvgIpc) is 2.43. The summed E-state index contributed by atoms with van der Waals surface area (Å²) in [6.07, 6.45) is 0. The van der Waals surface area contributed by atoms with Crippen molar-refractivity contribution in [3.05, 3.63) is 35.4 Å². The van der Waals surface area contributed by atoms with Gasteiger partial charge in [0, 0.05) is 13.6 Å². The summed E-state index contributed by atoms with van der Waals surface area (Å²) < 4.78 is 0. The van der Waals surface area contributed by atoms with Crippen LogP contribution in [0.4, 0.5) is 0 Å². The number of aromatic carboxylic acids is 1. The third kappa shape index (κ3) is 3.57. The first-order valence-corrected chi connectivity index (χ1v) is 6.12. The second-order valence-corrected chi connectivity index (χ2v) is 5.00. The number of amides is 2.